The quantitative estimate of drug-likeness (QED) is 0.699. The molecule has 3 radical (unpaired) electrons. The van der Waals surface area contributed by atoms with Gasteiger partial charge in [-0.3, -0.25) is 15.0 Å². The van der Waals surface area contributed by atoms with Crippen molar-refractivity contribution in [2.45, 2.75) is 0 Å². The summed E-state index contributed by atoms with van der Waals surface area (Å²) >= 11 is 0. The van der Waals surface area contributed by atoms with Gasteiger partial charge in [0.05, 0.1) is 5.69 Å². The molecule has 0 unspecified atom stereocenters. The molecule has 0 fully saturated rings. The highest BCUT2D eigenvalue weighted by molar-refractivity contribution is 5.79. The van der Waals surface area contributed by atoms with Crippen molar-refractivity contribution in [2.75, 3.05) is 0 Å². The lowest BCUT2D eigenvalue weighted by Gasteiger charge is -2.07. The summed E-state index contributed by atoms with van der Waals surface area (Å²) in [7, 11) is 0. The summed E-state index contributed by atoms with van der Waals surface area (Å²) in [6.45, 7) is 0. The molecule has 19 heavy (non-hydrogen) atoms. The first-order valence-electron chi connectivity index (χ1n) is 5.71. The molecule has 0 saturated heterocycles. The Bertz CT molecular complexity index is 580. The number of nitrogens with zero attached hydrogens (tertiary/aromatic N) is 4. The Morgan fingerprint density at radius 3 is 1.95 bits per heavy atom. The molecule has 0 bridgehead atoms. The largest absolute Gasteiger partial charge is 0.264 e. The first-order valence-corrected chi connectivity index (χ1v) is 5.71. The van der Waals surface area contributed by atoms with Crippen LogP contribution in [0.25, 0.3) is 22.4 Å². The standard InChI is InChI=1S/C15H11N3.N/c1-4-12(10-16-7-1)14-6-3-9-18-15(14)13-5-2-8-17-11-13;/h1-11H;. The van der Waals surface area contributed by atoms with Gasteiger partial charge in [0, 0.05) is 53.8 Å². The second-order valence-corrected chi connectivity index (χ2v) is 3.88. The Kier molecular flexibility index (Phi) is 3.95. The van der Waals surface area contributed by atoms with Crippen LogP contribution >= 0.6 is 0 Å². The fraction of sp³-hybridized carbons (Fsp3) is 0. The van der Waals surface area contributed by atoms with E-state index in [1.54, 1.807) is 18.6 Å². The van der Waals surface area contributed by atoms with Crippen LogP contribution in [0, 0.1) is 0 Å². The predicted molar refractivity (Wildman–Crippen MR) is 72.8 cm³/mol. The molecule has 0 atom stereocenters. The lowest BCUT2D eigenvalue weighted by molar-refractivity contribution is 1.27. The van der Waals surface area contributed by atoms with Crippen molar-refractivity contribution in [3.05, 3.63) is 67.4 Å². The van der Waals surface area contributed by atoms with Crippen molar-refractivity contribution in [1.29, 1.82) is 0 Å². The molecule has 3 heterocycles. The van der Waals surface area contributed by atoms with Crippen LogP contribution in [0.4, 0.5) is 0 Å². The Labute approximate surface area is 111 Å². The summed E-state index contributed by atoms with van der Waals surface area (Å²) in [6.07, 6.45) is 8.99. The maximum atomic E-state index is 4.46. The summed E-state index contributed by atoms with van der Waals surface area (Å²) in [5, 5.41) is 0. The lowest BCUT2D eigenvalue weighted by Crippen LogP contribution is -1.89. The van der Waals surface area contributed by atoms with E-state index in [9.17, 15) is 0 Å². The normalized spacial score (nSPS) is 9.68. The van der Waals surface area contributed by atoms with E-state index in [1.807, 2.05) is 48.8 Å². The summed E-state index contributed by atoms with van der Waals surface area (Å²) < 4.78 is 0. The van der Waals surface area contributed by atoms with Crippen molar-refractivity contribution < 1.29 is 0 Å². The van der Waals surface area contributed by atoms with Crippen molar-refractivity contribution in [3.63, 3.8) is 0 Å². The van der Waals surface area contributed by atoms with E-state index in [4.69, 9.17) is 0 Å². The highest BCUT2D eigenvalue weighted by atomic mass is 14.7. The van der Waals surface area contributed by atoms with Gasteiger partial charge in [0.2, 0.25) is 0 Å². The number of hydrogen-bond donors (Lipinski definition) is 0. The average molecular weight is 247 g/mol. The van der Waals surface area contributed by atoms with Crippen molar-refractivity contribution in [2.24, 2.45) is 0 Å². The molecule has 91 valence electrons. The molecular weight excluding hydrogens is 236 g/mol. The zero-order valence-corrected chi connectivity index (χ0v) is 10.1. The lowest BCUT2D eigenvalue weighted by atomic mass is 10.0. The molecule has 0 aliphatic carbocycles. The van der Waals surface area contributed by atoms with Crippen LogP contribution in [0.15, 0.2) is 67.4 Å². The minimum atomic E-state index is 0. The molecule has 0 aliphatic rings. The van der Waals surface area contributed by atoms with Crippen LogP contribution in [-0.4, -0.2) is 15.0 Å². The highest BCUT2D eigenvalue weighted by Crippen LogP contribution is 2.28. The zero-order chi connectivity index (χ0) is 12.2. The van der Waals surface area contributed by atoms with E-state index >= 15 is 0 Å². The molecule has 4 heteroatoms. The summed E-state index contributed by atoms with van der Waals surface area (Å²) in [6, 6.07) is 11.9. The van der Waals surface area contributed by atoms with E-state index in [1.165, 1.54) is 0 Å². The molecule has 0 amide bonds. The smallest absolute Gasteiger partial charge is 0.0796 e. The highest BCUT2D eigenvalue weighted by Gasteiger charge is 2.07. The van der Waals surface area contributed by atoms with Crippen LogP contribution in [0.5, 0.6) is 0 Å². The van der Waals surface area contributed by atoms with Gasteiger partial charge < -0.3 is 0 Å². The van der Waals surface area contributed by atoms with Gasteiger partial charge in [0.15, 0.2) is 0 Å². The first-order chi connectivity index (χ1) is 8.95. The van der Waals surface area contributed by atoms with Crippen LogP contribution in [-0.2, 0) is 0 Å². The van der Waals surface area contributed by atoms with Gasteiger partial charge in [0.1, 0.15) is 0 Å². The third-order valence-corrected chi connectivity index (χ3v) is 2.72. The van der Waals surface area contributed by atoms with Gasteiger partial charge in [0.25, 0.3) is 0 Å². The second kappa shape index (κ2) is 5.84. The molecular formula is C15H11N4. The van der Waals surface area contributed by atoms with Gasteiger partial charge in [-0.1, -0.05) is 12.1 Å². The zero-order valence-electron chi connectivity index (χ0n) is 10.1. The van der Waals surface area contributed by atoms with E-state index < -0.39 is 0 Å². The second-order valence-electron chi connectivity index (χ2n) is 3.88. The van der Waals surface area contributed by atoms with Crippen LogP contribution < -0.4 is 6.15 Å². The molecule has 0 spiro atoms. The molecule has 0 saturated carbocycles. The number of rotatable bonds is 2. The fourth-order valence-corrected chi connectivity index (χ4v) is 1.89. The first kappa shape index (κ1) is 12.9. The Hall–Kier alpha value is -2.59. The fourth-order valence-electron chi connectivity index (χ4n) is 1.89. The Morgan fingerprint density at radius 2 is 1.32 bits per heavy atom. The molecule has 3 rings (SSSR count). The van der Waals surface area contributed by atoms with Crippen LogP contribution in [0.2, 0.25) is 0 Å². The number of aromatic nitrogens is 3. The molecule has 3 aromatic rings. The Balaban J connectivity index is 0.00000133. The summed E-state index contributed by atoms with van der Waals surface area (Å²) in [4.78, 5) is 12.8. The molecule has 3 aromatic heterocycles. The van der Waals surface area contributed by atoms with Gasteiger partial charge in [-0.15, -0.1) is 0 Å². The SMILES string of the molecule is [N].c1cncc(-c2cccnc2-c2cccnc2)c1. The third kappa shape index (κ3) is 2.64. The minimum absolute atomic E-state index is 0. The van der Waals surface area contributed by atoms with E-state index in [0.29, 0.717) is 0 Å². The molecule has 4 nitrogen and oxygen atoms in total. The van der Waals surface area contributed by atoms with E-state index in [2.05, 4.69) is 15.0 Å². The average Bonchev–Trinajstić information content (AvgIpc) is 2.49. The van der Waals surface area contributed by atoms with Crippen LogP contribution in [0.3, 0.4) is 0 Å². The van der Waals surface area contributed by atoms with Gasteiger partial charge in [-0.25, -0.2) is 0 Å². The van der Waals surface area contributed by atoms with Crippen molar-refractivity contribution in [3.8, 4) is 22.4 Å². The maximum Gasteiger partial charge on any atom is 0.0796 e. The predicted octanol–water partition coefficient (Wildman–Crippen LogP) is 2.73. The van der Waals surface area contributed by atoms with Gasteiger partial charge in [-0.2, -0.15) is 0 Å². The van der Waals surface area contributed by atoms with Crippen molar-refractivity contribution in [1.82, 2.24) is 21.1 Å². The van der Waals surface area contributed by atoms with Crippen molar-refractivity contribution >= 4 is 0 Å². The minimum Gasteiger partial charge on any atom is -0.264 e. The van der Waals surface area contributed by atoms with E-state index in [-0.39, 0.29) is 6.15 Å². The topological polar surface area (TPSA) is 69.2 Å². The van der Waals surface area contributed by atoms with Gasteiger partial charge >= 0.3 is 0 Å². The monoisotopic (exact) mass is 247 g/mol. The van der Waals surface area contributed by atoms with Crippen LogP contribution in [0.1, 0.15) is 0 Å². The Morgan fingerprint density at radius 1 is 0.684 bits per heavy atom. The summed E-state index contributed by atoms with van der Waals surface area (Å²) in [5.74, 6) is 0. The summed E-state index contributed by atoms with van der Waals surface area (Å²) in [5.41, 5.74) is 4.07. The van der Waals surface area contributed by atoms with E-state index in [0.717, 1.165) is 22.4 Å². The molecule has 0 aliphatic heterocycles. The number of pyridine rings is 3. The molecule has 0 N–H and O–H groups in total. The number of hydrogen-bond acceptors (Lipinski definition) is 3. The van der Waals surface area contributed by atoms with Gasteiger partial charge in [-0.05, 0) is 24.3 Å². The maximum absolute atomic E-state index is 4.46. The third-order valence-electron chi connectivity index (χ3n) is 2.72. The molecule has 0 aromatic carbocycles.